The number of hydrogen-bond acceptors (Lipinski definition) is 4. The Bertz CT molecular complexity index is 676. The Morgan fingerprint density at radius 2 is 1.95 bits per heavy atom. The molecule has 2 fully saturated rings. The van der Waals surface area contributed by atoms with E-state index in [1.807, 2.05) is 6.92 Å². The fraction of sp³-hybridized carbons (Fsp3) is 0.533. The average molecular weight is 325 g/mol. The lowest BCUT2D eigenvalue weighted by molar-refractivity contribution is -0.00326. The lowest BCUT2D eigenvalue weighted by Gasteiger charge is -2.43. The van der Waals surface area contributed by atoms with Crippen LogP contribution in [0.15, 0.2) is 29.2 Å². The summed E-state index contributed by atoms with van der Waals surface area (Å²) in [5.41, 5.74) is 0.896. The van der Waals surface area contributed by atoms with Gasteiger partial charge in [0.05, 0.1) is 11.0 Å². The molecule has 1 heterocycles. The molecule has 0 radical (unpaired) electrons. The van der Waals surface area contributed by atoms with Crippen LogP contribution in [0.3, 0.4) is 0 Å². The molecule has 22 heavy (non-hydrogen) atoms. The number of likely N-dealkylation sites (tertiary alicyclic amines) is 1. The van der Waals surface area contributed by atoms with E-state index in [9.17, 15) is 13.2 Å². The zero-order valence-corrected chi connectivity index (χ0v) is 13.2. The number of benzene rings is 1. The molecule has 1 saturated heterocycles. The normalized spacial score (nSPS) is 27.9. The molecule has 1 amide bonds. The molecule has 6 nitrogen and oxygen atoms in total. The summed E-state index contributed by atoms with van der Waals surface area (Å²) in [6.45, 7) is 2.89. The van der Waals surface area contributed by atoms with Gasteiger partial charge in [-0.3, -0.25) is 4.18 Å². The standard InChI is InChI=1S/C15H19NO5S/c1-11-2-4-13(5-3-11)22(19,20)21-12-8-15(9-12)6-7-16(10-15)14(17)18/h2-5,12H,6-10H2,1H3,(H,17,18). The molecule has 0 unspecified atom stereocenters. The SMILES string of the molecule is Cc1ccc(S(=O)(=O)OC2CC3(CCN(C(=O)O)C3)C2)cc1. The van der Waals surface area contributed by atoms with Crippen LogP contribution >= 0.6 is 0 Å². The number of aryl methyl sites for hydroxylation is 1. The first-order valence-electron chi connectivity index (χ1n) is 7.28. The fourth-order valence-electron chi connectivity index (χ4n) is 3.35. The Labute approximate surface area is 129 Å². The second-order valence-corrected chi connectivity index (χ2v) is 7.92. The Balaban J connectivity index is 1.60. The molecule has 1 aliphatic carbocycles. The van der Waals surface area contributed by atoms with Crippen LogP contribution < -0.4 is 0 Å². The van der Waals surface area contributed by atoms with Gasteiger partial charge in [-0.25, -0.2) is 4.79 Å². The molecule has 3 rings (SSSR count). The summed E-state index contributed by atoms with van der Waals surface area (Å²) in [7, 11) is -3.74. The van der Waals surface area contributed by atoms with E-state index in [2.05, 4.69) is 0 Å². The van der Waals surface area contributed by atoms with Gasteiger partial charge in [0.25, 0.3) is 10.1 Å². The summed E-state index contributed by atoms with van der Waals surface area (Å²) in [5, 5.41) is 8.99. The minimum Gasteiger partial charge on any atom is -0.465 e. The number of carbonyl (C=O) groups is 1. The number of rotatable bonds is 3. The largest absolute Gasteiger partial charge is 0.465 e. The molecular formula is C15H19NO5S. The monoisotopic (exact) mass is 325 g/mol. The van der Waals surface area contributed by atoms with E-state index in [1.54, 1.807) is 24.3 Å². The van der Waals surface area contributed by atoms with Crippen LogP contribution in [0.5, 0.6) is 0 Å². The van der Waals surface area contributed by atoms with Crippen LogP contribution in [0.4, 0.5) is 4.79 Å². The van der Waals surface area contributed by atoms with Gasteiger partial charge in [0.2, 0.25) is 0 Å². The second-order valence-electron chi connectivity index (χ2n) is 6.35. The Hall–Kier alpha value is -1.60. The first-order valence-corrected chi connectivity index (χ1v) is 8.68. The minimum atomic E-state index is -3.74. The highest BCUT2D eigenvalue weighted by atomic mass is 32.2. The van der Waals surface area contributed by atoms with Crippen molar-refractivity contribution in [2.24, 2.45) is 5.41 Å². The summed E-state index contributed by atoms with van der Waals surface area (Å²) in [5.74, 6) is 0. The van der Waals surface area contributed by atoms with Gasteiger partial charge in [-0.2, -0.15) is 8.42 Å². The Morgan fingerprint density at radius 1 is 1.32 bits per heavy atom. The molecule has 1 saturated carbocycles. The number of carboxylic acid groups (broad SMARTS) is 1. The van der Waals surface area contributed by atoms with Crippen molar-refractivity contribution in [3.63, 3.8) is 0 Å². The maximum absolute atomic E-state index is 12.2. The molecule has 0 atom stereocenters. The van der Waals surface area contributed by atoms with E-state index in [1.165, 1.54) is 4.90 Å². The molecule has 7 heteroatoms. The average Bonchev–Trinajstić information content (AvgIpc) is 2.84. The number of amides is 1. The van der Waals surface area contributed by atoms with Gasteiger partial charge in [0, 0.05) is 13.1 Å². The Morgan fingerprint density at radius 3 is 2.50 bits per heavy atom. The summed E-state index contributed by atoms with van der Waals surface area (Å²) < 4.78 is 29.7. The second kappa shape index (κ2) is 5.24. The third-order valence-electron chi connectivity index (χ3n) is 4.60. The first-order chi connectivity index (χ1) is 10.3. The number of hydrogen-bond donors (Lipinski definition) is 1. The molecule has 0 bridgehead atoms. The van der Waals surface area contributed by atoms with Gasteiger partial charge in [0.15, 0.2) is 0 Å². The molecule has 120 valence electrons. The maximum Gasteiger partial charge on any atom is 0.407 e. The molecule has 2 aliphatic rings. The van der Waals surface area contributed by atoms with E-state index in [0.717, 1.165) is 12.0 Å². The van der Waals surface area contributed by atoms with Crippen LogP contribution in [0.2, 0.25) is 0 Å². The topological polar surface area (TPSA) is 83.9 Å². The third-order valence-corrected chi connectivity index (χ3v) is 5.98. The van der Waals surface area contributed by atoms with Gasteiger partial charge < -0.3 is 10.0 Å². The van der Waals surface area contributed by atoms with E-state index in [4.69, 9.17) is 9.29 Å². The van der Waals surface area contributed by atoms with Crippen LogP contribution in [-0.2, 0) is 14.3 Å². The van der Waals surface area contributed by atoms with Crippen LogP contribution in [0, 0.1) is 12.3 Å². The number of nitrogens with zero attached hydrogens (tertiary/aromatic N) is 1. The van der Waals surface area contributed by atoms with Gasteiger partial charge >= 0.3 is 6.09 Å². The summed E-state index contributed by atoms with van der Waals surface area (Å²) >= 11 is 0. The molecular weight excluding hydrogens is 306 g/mol. The lowest BCUT2D eigenvalue weighted by Crippen LogP contribution is -2.45. The molecule has 0 aromatic heterocycles. The van der Waals surface area contributed by atoms with Crippen molar-refractivity contribution in [2.75, 3.05) is 13.1 Å². The van der Waals surface area contributed by atoms with Crippen LogP contribution in [0.1, 0.15) is 24.8 Å². The van der Waals surface area contributed by atoms with Crippen molar-refractivity contribution >= 4 is 16.2 Å². The van der Waals surface area contributed by atoms with Gasteiger partial charge in [-0.15, -0.1) is 0 Å². The van der Waals surface area contributed by atoms with Crippen molar-refractivity contribution in [2.45, 2.75) is 37.2 Å². The van der Waals surface area contributed by atoms with E-state index >= 15 is 0 Å². The van der Waals surface area contributed by atoms with E-state index in [-0.39, 0.29) is 16.4 Å². The molecule has 1 N–H and O–H groups in total. The van der Waals surface area contributed by atoms with Crippen molar-refractivity contribution < 1.29 is 22.5 Å². The maximum atomic E-state index is 12.2. The van der Waals surface area contributed by atoms with E-state index in [0.29, 0.717) is 25.9 Å². The summed E-state index contributed by atoms with van der Waals surface area (Å²) in [4.78, 5) is 12.5. The third kappa shape index (κ3) is 2.83. The first kappa shape index (κ1) is 15.3. The highest BCUT2D eigenvalue weighted by Crippen LogP contribution is 2.50. The Kier molecular flexibility index (Phi) is 3.65. The van der Waals surface area contributed by atoms with Crippen molar-refractivity contribution in [3.8, 4) is 0 Å². The van der Waals surface area contributed by atoms with Gasteiger partial charge in [-0.05, 0) is 43.7 Å². The predicted octanol–water partition coefficient (Wildman–Crippen LogP) is 2.23. The van der Waals surface area contributed by atoms with Crippen molar-refractivity contribution in [1.29, 1.82) is 0 Å². The zero-order valence-electron chi connectivity index (χ0n) is 12.4. The summed E-state index contributed by atoms with van der Waals surface area (Å²) in [6.07, 6.45) is 0.724. The van der Waals surface area contributed by atoms with Gasteiger partial charge in [-0.1, -0.05) is 17.7 Å². The van der Waals surface area contributed by atoms with Crippen molar-refractivity contribution in [1.82, 2.24) is 4.90 Å². The lowest BCUT2D eigenvalue weighted by atomic mass is 9.66. The molecule has 1 spiro atoms. The van der Waals surface area contributed by atoms with Crippen LogP contribution in [-0.4, -0.2) is 43.7 Å². The van der Waals surface area contributed by atoms with Gasteiger partial charge in [0.1, 0.15) is 0 Å². The quantitative estimate of drug-likeness (QED) is 0.862. The molecule has 1 aromatic rings. The highest BCUT2D eigenvalue weighted by Gasteiger charge is 2.51. The van der Waals surface area contributed by atoms with Crippen LogP contribution in [0.25, 0.3) is 0 Å². The minimum absolute atomic E-state index is 0.0914. The predicted molar refractivity (Wildman–Crippen MR) is 79.1 cm³/mol. The fourth-order valence-corrected chi connectivity index (χ4v) is 4.42. The zero-order chi connectivity index (χ0) is 16.0. The van der Waals surface area contributed by atoms with E-state index < -0.39 is 16.2 Å². The highest BCUT2D eigenvalue weighted by molar-refractivity contribution is 7.86. The smallest absolute Gasteiger partial charge is 0.407 e. The molecule has 1 aliphatic heterocycles. The summed E-state index contributed by atoms with van der Waals surface area (Å²) in [6, 6.07) is 6.56. The molecule has 1 aromatic carbocycles. The van der Waals surface area contributed by atoms with Crippen molar-refractivity contribution in [3.05, 3.63) is 29.8 Å².